The van der Waals surface area contributed by atoms with Crippen LogP contribution < -0.4 is 0 Å². The maximum Gasteiger partial charge on any atom is 0.0325 e. The van der Waals surface area contributed by atoms with E-state index in [9.17, 15) is 1.37 Å². The van der Waals surface area contributed by atoms with E-state index < -0.39 is 0 Å². The van der Waals surface area contributed by atoms with Gasteiger partial charge >= 0.3 is 0 Å². The number of hydrogen-bond acceptors (Lipinski definition) is 0. The fraction of sp³-hybridized carbons (Fsp3) is 0.520. The van der Waals surface area contributed by atoms with Crippen molar-refractivity contribution in [2.45, 2.75) is 87.0 Å². The second-order valence-electron chi connectivity index (χ2n) is 8.59. The summed E-state index contributed by atoms with van der Waals surface area (Å²) in [4.78, 5) is 0. The molecule has 0 radical (unpaired) electrons. The molecule has 0 saturated carbocycles. The van der Waals surface area contributed by atoms with Crippen molar-refractivity contribution in [3.05, 3.63) is 67.3 Å². The van der Waals surface area contributed by atoms with Crippen molar-refractivity contribution < 1.29 is 1.37 Å². The van der Waals surface area contributed by atoms with Crippen LogP contribution in [0.3, 0.4) is 0 Å². The Morgan fingerprint density at radius 3 is 1.92 bits per heavy atom. The molecule has 25 heavy (non-hydrogen) atoms. The first-order valence-electron chi connectivity index (χ1n) is 10.1. The van der Waals surface area contributed by atoms with E-state index in [0.717, 1.165) is 0 Å². The van der Waals surface area contributed by atoms with E-state index in [2.05, 4.69) is 75.3 Å². The van der Waals surface area contributed by atoms with E-state index in [4.69, 9.17) is 0 Å². The highest BCUT2D eigenvalue weighted by Crippen LogP contribution is 2.53. The Morgan fingerprint density at radius 2 is 1.32 bits per heavy atom. The van der Waals surface area contributed by atoms with Gasteiger partial charge in [-0.05, 0) is 129 Å². The highest BCUT2D eigenvalue weighted by molar-refractivity contribution is 5.59. The van der Waals surface area contributed by atoms with E-state index in [1.165, 1.54) is 61.2 Å². The van der Waals surface area contributed by atoms with Gasteiger partial charge in [-0.3, -0.25) is 0 Å². The van der Waals surface area contributed by atoms with E-state index in [-0.39, 0.29) is 11.8 Å². The van der Waals surface area contributed by atoms with Crippen molar-refractivity contribution in [3.63, 3.8) is 0 Å². The summed E-state index contributed by atoms with van der Waals surface area (Å²) in [5.74, 6) is 0.346. The lowest BCUT2D eigenvalue weighted by molar-refractivity contribution is 0.425. The number of benzene rings is 2. The fourth-order valence-corrected chi connectivity index (χ4v) is 4.92. The van der Waals surface area contributed by atoms with Gasteiger partial charge in [0.2, 0.25) is 0 Å². The van der Waals surface area contributed by atoms with E-state index >= 15 is 0 Å². The van der Waals surface area contributed by atoms with Crippen molar-refractivity contribution >= 4 is 0 Å². The lowest BCUT2D eigenvalue weighted by Gasteiger charge is -2.34. The third-order valence-corrected chi connectivity index (χ3v) is 7.62. The number of fused-ring (bicyclic) bond motifs is 1. The minimum Gasteiger partial charge on any atom is -0.0575 e. The van der Waals surface area contributed by atoms with Gasteiger partial charge in [-0.1, -0.05) is 19.9 Å². The minimum absolute atomic E-state index is 0.189. The van der Waals surface area contributed by atoms with Gasteiger partial charge in [0.1, 0.15) is 0 Å². The predicted octanol–water partition coefficient (Wildman–Crippen LogP) is 6.77. The molecule has 3 atom stereocenters. The maximum atomic E-state index is 9.33. The second kappa shape index (κ2) is 5.73. The Labute approximate surface area is 156 Å². The molecule has 2 aromatic carbocycles. The molecule has 0 spiro atoms. The smallest absolute Gasteiger partial charge is 0.0325 e. The third kappa shape index (κ3) is 2.33. The summed E-state index contributed by atoms with van der Waals surface area (Å²) in [5, 5.41) is 0. The van der Waals surface area contributed by atoms with Gasteiger partial charge < -0.3 is 0 Å². The molecule has 0 amide bonds. The van der Waals surface area contributed by atoms with Crippen molar-refractivity contribution in [3.8, 4) is 0 Å². The summed E-state index contributed by atoms with van der Waals surface area (Å²) in [6.07, 6.45) is -0.217. The van der Waals surface area contributed by atoms with Crippen LogP contribution in [-0.4, -0.2) is 0 Å². The minimum atomic E-state index is -0.217. The standard InChI is InChI=1S/C25H34/c1-13-11-23(19(7)15(3)14(13)2)25(10)12-22-18(6)16(4)17(5)20(8)24(22)21(25)9/h11,21H,12H2,1-10H3/i12D. The zero-order chi connectivity index (χ0) is 19.7. The van der Waals surface area contributed by atoms with Crippen LogP contribution in [0.15, 0.2) is 6.07 Å². The topological polar surface area (TPSA) is 0 Å². The van der Waals surface area contributed by atoms with Gasteiger partial charge in [0.15, 0.2) is 0 Å². The van der Waals surface area contributed by atoms with Crippen molar-refractivity contribution in [1.82, 2.24) is 0 Å². The number of aryl methyl sites for hydroxylation is 1. The maximum absolute atomic E-state index is 9.33. The van der Waals surface area contributed by atoms with Gasteiger partial charge in [0.25, 0.3) is 0 Å². The van der Waals surface area contributed by atoms with Crippen molar-refractivity contribution in [2.75, 3.05) is 0 Å². The van der Waals surface area contributed by atoms with Crippen LogP contribution in [0.25, 0.3) is 0 Å². The lowest BCUT2D eigenvalue weighted by Crippen LogP contribution is -2.28. The molecule has 0 fully saturated rings. The average molecular weight is 336 g/mol. The molecule has 134 valence electrons. The molecule has 0 aromatic heterocycles. The molecular weight excluding hydrogens is 300 g/mol. The number of hydrogen-bond donors (Lipinski definition) is 0. The molecule has 0 bridgehead atoms. The van der Waals surface area contributed by atoms with Gasteiger partial charge in [-0.2, -0.15) is 0 Å². The molecule has 1 aliphatic carbocycles. The Hall–Kier alpha value is -1.56. The van der Waals surface area contributed by atoms with Crippen LogP contribution in [0.4, 0.5) is 0 Å². The predicted molar refractivity (Wildman–Crippen MR) is 110 cm³/mol. The summed E-state index contributed by atoms with van der Waals surface area (Å²) in [7, 11) is 0. The molecule has 0 saturated heterocycles. The van der Waals surface area contributed by atoms with E-state index in [1.54, 1.807) is 0 Å². The zero-order valence-electron chi connectivity index (χ0n) is 18.7. The number of rotatable bonds is 1. The second-order valence-corrected chi connectivity index (χ2v) is 8.59. The summed E-state index contributed by atoms with van der Waals surface area (Å²) < 4.78 is 9.33. The monoisotopic (exact) mass is 335 g/mol. The van der Waals surface area contributed by atoms with Gasteiger partial charge in [-0.15, -0.1) is 0 Å². The molecule has 0 aliphatic heterocycles. The molecule has 2 aromatic rings. The fourth-order valence-electron chi connectivity index (χ4n) is 4.92. The zero-order valence-corrected chi connectivity index (χ0v) is 17.7. The molecular formula is C25H34. The van der Waals surface area contributed by atoms with Gasteiger partial charge in [-0.25, -0.2) is 0 Å². The molecule has 0 heteroatoms. The van der Waals surface area contributed by atoms with Crippen molar-refractivity contribution in [2.24, 2.45) is 0 Å². The van der Waals surface area contributed by atoms with Crippen molar-refractivity contribution in [1.29, 1.82) is 0 Å². The van der Waals surface area contributed by atoms with Crippen LogP contribution in [0, 0.1) is 55.4 Å². The molecule has 1 aliphatic rings. The highest BCUT2D eigenvalue weighted by Gasteiger charge is 2.44. The van der Waals surface area contributed by atoms with Crippen LogP contribution in [0.2, 0.25) is 0 Å². The molecule has 0 N–H and O–H groups in total. The molecule has 3 rings (SSSR count). The quantitative estimate of drug-likeness (QED) is 0.539. The van der Waals surface area contributed by atoms with Crippen LogP contribution in [0.1, 0.15) is 82.3 Å². The summed E-state index contributed by atoms with van der Waals surface area (Å²) in [5.41, 5.74) is 14.9. The average Bonchev–Trinajstić information content (AvgIpc) is 2.81. The largest absolute Gasteiger partial charge is 0.0575 e. The summed E-state index contributed by atoms with van der Waals surface area (Å²) in [6.45, 7) is 22.5. The molecule has 0 heterocycles. The van der Waals surface area contributed by atoms with Crippen LogP contribution in [0.5, 0.6) is 0 Å². The first kappa shape index (κ1) is 16.9. The van der Waals surface area contributed by atoms with Crippen LogP contribution in [-0.2, 0) is 11.8 Å². The Balaban J connectivity index is 2.35. The SMILES string of the molecule is [2H]C1c2c(C)c(C)c(C)c(C)c2C(C)C1(C)c1cc(C)c(C)c(C)c1C. The molecule has 3 unspecified atom stereocenters. The summed E-state index contributed by atoms with van der Waals surface area (Å²) in [6, 6.07) is 2.37. The van der Waals surface area contributed by atoms with Crippen LogP contribution >= 0.6 is 0 Å². The third-order valence-electron chi connectivity index (χ3n) is 7.62. The van der Waals surface area contributed by atoms with Gasteiger partial charge in [0, 0.05) is 6.79 Å². The molecule has 0 nitrogen and oxygen atoms in total. The van der Waals surface area contributed by atoms with E-state index in [1.807, 2.05) is 0 Å². The Kier molecular flexibility index (Phi) is 3.87. The van der Waals surface area contributed by atoms with Gasteiger partial charge in [0.05, 0.1) is 0 Å². The highest BCUT2D eigenvalue weighted by atomic mass is 14.5. The lowest BCUT2D eigenvalue weighted by atomic mass is 9.70. The first-order chi connectivity index (χ1) is 12.0. The first-order valence-corrected chi connectivity index (χ1v) is 9.56. The Morgan fingerprint density at radius 1 is 0.800 bits per heavy atom. The Bertz CT molecular complexity index is 876. The summed E-state index contributed by atoms with van der Waals surface area (Å²) >= 11 is 0. The normalized spacial score (nSPS) is 25.9. The van der Waals surface area contributed by atoms with E-state index in [0.29, 0.717) is 5.92 Å².